The maximum Gasteiger partial charge on any atom is 0.356 e. The molecule has 5 heteroatoms. The van der Waals surface area contributed by atoms with Crippen molar-refractivity contribution in [2.24, 2.45) is 5.16 Å². The molecule has 0 aliphatic carbocycles. The van der Waals surface area contributed by atoms with E-state index >= 15 is 0 Å². The first-order valence-corrected chi connectivity index (χ1v) is 4.63. The summed E-state index contributed by atoms with van der Waals surface area (Å²) in [5.41, 5.74) is 0.798. The molecule has 0 aliphatic heterocycles. The Morgan fingerprint density at radius 2 is 1.94 bits per heavy atom. The lowest BCUT2D eigenvalue weighted by Gasteiger charge is -2.04. The van der Waals surface area contributed by atoms with E-state index in [9.17, 15) is 4.79 Å². The van der Waals surface area contributed by atoms with Crippen molar-refractivity contribution in [3.05, 3.63) is 29.8 Å². The van der Waals surface area contributed by atoms with E-state index in [4.69, 9.17) is 9.94 Å². The van der Waals surface area contributed by atoms with Crippen LogP contribution in [-0.2, 0) is 16.0 Å². The van der Waals surface area contributed by atoms with Gasteiger partial charge in [-0.1, -0.05) is 17.3 Å². The average molecular weight is 223 g/mol. The Bertz CT molecular complexity index is 383. The van der Waals surface area contributed by atoms with E-state index in [1.165, 1.54) is 7.11 Å². The van der Waals surface area contributed by atoms with E-state index in [-0.39, 0.29) is 12.1 Å². The highest BCUT2D eigenvalue weighted by atomic mass is 16.5. The van der Waals surface area contributed by atoms with Crippen LogP contribution in [0.1, 0.15) is 5.56 Å². The number of benzene rings is 1. The fourth-order valence-electron chi connectivity index (χ4n) is 1.20. The van der Waals surface area contributed by atoms with Crippen molar-refractivity contribution in [1.82, 2.24) is 0 Å². The van der Waals surface area contributed by atoms with Crippen LogP contribution in [-0.4, -0.2) is 31.1 Å². The zero-order valence-electron chi connectivity index (χ0n) is 9.14. The lowest BCUT2D eigenvalue weighted by molar-refractivity contribution is -0.132. The van der Waals surface area contributed by atoms with Crippen LogP contribution in [0.4, 0.5) is 0 Å². The molecule has 0 saturated carbocycles. The van der Waals surface area contributed by atoms with Gasteiger partial charge in [-0.15, -0.1) is 0 Å². The molecule has 0 atom stereocenters. The van der Waals surface area contributed by atoms with Gasteiger partial charge in [0, 0.05) is 6.42 Å². The molecule has 0 aliphatic rings. The molecule has 0 unspecified atom stereocenters. The molecule has 0 saturated heterocycles. The Morgan fingerprint density at radius 1 is 1.31 bits per heavy atom. The summed E-state index contributed by atoms with van der Waals surface area (Å²) in [7, 11) is 2.81. The van der Waals surface area contributed by atoms with E-state index in [0.717, 1.165) is 11.3 Å². The molecule has 16 heavy (non-hydrogen) atoms. The molecule has 0 bridgehead atoms. The molecule has 0 radical (unpaired) electrons. The third-order valence-corrected chi connectivity index (χ3v) is 2.07. The van der Waals surface area contributed by atoms with Gasteiger partial charge in [-0.25, -0.2) is 4.79 Å². The minimum atomic E-state index is -0.640. The quantitative estimate of drug-likeness (QED) is 0.361. The summed E-state index contributed by atoms with van der Waals surface area (Å²) < 4.78 is 9.46. The molecule has 0 aromatic heterocycles. The Labute approximate surface area is 93.3 Å². The van der Waals surface area contributed by atoms with Gasteiger partial charge in [-0.3, -0.25) is 0 Å². The first-order valence-electron chi connectivity index (χ1n) is 4.63. The highest BCUT2D eigenvalue weighted by molar-refractivity contribution is 6.36. The summed E-state index contributed by atoms with van der Waals surface area (Å²) in [5.74, 6) is 0.0858. The van der Waals surface area contributed by atoms with Crippen molar-refractivity contribution in [3.63, 3.8) is 0 Å². The van der Waals surface area contributed by atoms with Gasteiger partial charge in [0.25, 0.3) is 0 Å². The summed E-state index contributed by atoms with van der Waals surface area (Å²) >= 11 is 0. The Hall–Kier alpha value is -2.04. The smallest absolute Gasteiger partial charge is 0.356 e. The number of carbonyl (C=O) groups excluding carboxylic acids is 1. The molecule has 1 aromatic rings. The van der Waals surface area contributed by atoms with Crippen molar-refractivity contribution in [2.75, 3.05) is 14.2 Å². The summed E-state index contributed by atoms with van der Waals surface area (Å²) in [5, 5.41) is 11.6. The van der Waals surface area contributed by atoms with E-state index in [0.29, 0.717) is 0 Å². The molecule has 0 fully saturated rings. The molecule has 0 spiro atoms. The van der Waals surface area contributed by atoms with Gasteiger partial charge in [-0.05, 0) is 17.7 Å². The monoisotopic (exact) mass is 223 g/mol. The third kappa shape index (κ3) is 2.98. The van der Waals surface area contributed by atoms with Gasteiger partial charge in [-0.2, -0.15) is 0 Å². The van der Waals surface area contributed by atoms with Crippen molar-refractivity contribution >= 4 is 11.7 Å². The predicted molar refractivity (Wildman–Crippen MR) is 57.9 cm³/mol. The molecule has 0 amide bonds. The summed E-state index contributed by atoms with van der Waals surface area (Å²) in [6.45, 7) is 0. The lowest BCUT2D eigenvalue weighted by Crippen LogP contribution is -2.18. The van der Waals surface area contributed by atoms with Crippen LogP contribution in [0.5, 0.6) is 5.75 Å². The summed E-state index contributed by atoms with van der Waals surface area (Å²) in [4.78, 5) is 11.1. The van der Waals surface area contributed by atoms with Crippen LogP contribution < -0.4 is 4.74 Å². The molecule has 1 N–H and O–H groups in total. The normalized spacial score (nSPS) is 11.0. The van der Waals surface area contributed by atoms with Crippen LogP contribution in [0.2, 0.25) is 0 Å². The lowest BCUT2D eigenvalue weighted by atomic mass is 10.1. The minimum absolute atomic E-state index is 0.0346. The highest BCUT2D eigenvalue weighted by Gasteiger charge is 2.12. The van der Waals surface area contributed by atoms with E-state index in [1.54, 1.807) is 31.4 Å². The van der Waals surface area contributed by atoms with Crippen molar-refractivity contribution in [1.29, 1.82) is 0 Å². The number of hydrogen-bond donors (Lipinski definition) is 1. The van der Waals surface area contributed by atoms with Gasteiger partial charge in [0.05, 0.1) is 14.2 Å². The molecule has 0 heterocycles. The average Bonchev–Trinajstić information content (AvgIpc) is 2.35. The van der Waals surface area contributed by atoms with Gasteiger partial charge in [0.15, 0.2) is 5.71 Å². The van der Waals surface area contributed by atoms with Gasteiger partial charge < -0.3 is 14.7 Å². The zero-order valence-corrected chi connectivity index (χ0v) is 9.14. The van der Waals surface area contributed by atoms with E-state index in [2.05, 4.69) is 9.89 Å². The Balaban J connectivity index is 2.75. The first-order chi connectivity index (χ1) is 7.71. The summed E-state index contributed by atoms with van der Waals surface area (Å²) in [6.07, 6.45) is 0.215. The maximum absolute atomic E-state index is 11.1. The third-order valence-electron chi connectivity index (χ3n) is 2.07. The molecule has 5 nitrogen and oxygen atoms in total. The highest BCUT2D eigenvalue weighted by Crippen LogP contribution is 2.12. The van der Waals surface area contributed by atoms with Gasteiger partial charge in [0.2, 0.25) is 0 Å². The van der Waals surface area contributed by atoms with Crippen LogP contribution in [0.25, 0.3) is 0 Å². The number of esters is 1. The number of rotatable bonds is 4. The molecule has 1 aromatic carbocycles. The van der Waals surface area contributed by atoms with Crippen molar-refractivity contribution < 1.29 is 19.5 Å². The van der Waals surface area contributed by atoms with Gasteiger partial charge in [0.1, 0.15) is 5.75 Å². The standard InChI is InChI=1S/C11H13NO4/c1-15-9-5-3-8(4-6-9)7-10(12-14)11(13)16-2/h3-6,14H,7H2,1-2H3/b12-10+. The predicted octanol–water partition coefficient (Wildman–Crippen LogP) is 1.24. The second-order valence-electron chi connectivity index (χ2n) is 3.06. The number of nitrogens with zero attached hydrogens (tertiary/aromatic N) is 1. The van der Waals surface area contributed by atoms with Gasteiger partial charge >= 0.3 is 5.97 Å². The SMILES string of the molecule is COC(=O)/C(Cc1ccc(OC)cc1)=N/O. The fourth-order valence-corrected chi connectivity index (χ4v) is 1.20. The largest absolute Gasteiger partial charge is 0.497 e. The van der Waals surface area contributed by atoms with Crippen LogP contribution in [0, 0.1) is 0 Å². The van der Waals surface area contributed by atoms with Crippen LogP contribution >= 0.6 is 0 Å². The first kappa shape index (κ1) is 12.0. The molecule has 1 rings (SSSR count). The second kappa shape index (κ2) is 5.75. The topological polar surface area (TPSA) is 68.1 Å². The second-order valence-corrected chi connectivity index (χ2v) is 3.06. The Kier molecular flexibility index (Phi) is 4.32. The number of hydrogen-bond acceptors (Lipinski definition) is 5. The maximum atomic E-state index is 11.1. The van der Waals surface area contributed by atoms with Crippen LogP contribution in [0.15, 0.2) is 29.4 Å². The number of ether oxygens (including phenoxy) is 2. The van der Waals surface area contributed by atoms with Crippen LogP contribution in [0.3, 0.4) is 0 Å². The fraction of sp³-hybridized carbons (Fsp3) is 0.273. The minimum Gasteiger partial charge on any atom is -0.497 e. The molecular weight excluding hydrogens is 210 g/mol. The Morgan fingerprint density at radius 3 is 2.38 bits per heavy atom. The number of methoxy groups -OCH3 is 2. The van der Waals surface area contributed by atoms with E-state index < -0.39 is 5.97 Å². The molecule has 86 valence electrons. The summed E-state index contributed by atoms with van der Waals surface area (Å²) in [6, 6.07) is 7.10. The molecular formula is C11H13NO4. The zero-order chi connectivity index (χ0) is 12.0. The van der Waals surface area contributed by atoms with E-state index in [1.807, 2.05) is 0 Å². The van der Waals surface area contributed by atoms with Crippen molar-refractivity contribution in [2.45, 2.75) is 6.42 Å². The number of oxime groups is 1. The number of carbonyl (C=O) groups is 1. The van der Waals surface area contributed by atoms with Crippen molar-refractivity contribution in [3.8, 4) is 5.75 Å².